The fourth-order valence-corrected chi connectivity index (χ4v) is 2.16. The Morgan fingerprint density at radius 3 is 2.78 bits per heavy atom. The van der Waals surface area contributed by atoms with Crippen LogP contribution in [0.4, 0.5) is 0 Å². The van der Waals surface area contributed by atoms with E-state index >= 15 is 0 Å². The SMILES string of the molecule is Cn1c(=O)[nH]c(=O)c2nc3ccccc3[n+](C)c21. The molecule has 0 aliphatic rings. The highest BCUT2D eigenvalue weighted by Gasteiger charge is 2.18. The first-order valence-electron chi connectivity index (χ1n) is 5.47. The lowest BCUT2D eigenvalue weighted by molar-refractivity contribution is -0.621. The monoisotopic (exact) mass is 243 g/mol. The molecule has 0 fully saturated rings. The molecule has 18 heavy (non-hydrogen) atoms. The Balaban J connectivity index is 2.73. The van der Waals surface area contributed by atoms with Crippen LogP contribution in [0.3, 0.4) is 0 Å². The number of rotatable bonds is 0. The van der Waals surface area contributed by atoms with Crippen LogP contribution in [-0.4, -0.2) is 14.5 Å². The zero-order valence-electron chi connectivity index (χ0n) is 9.97. The maximum Gasteiger partial charge on any atom is 0.415 e. The van der Waals surface area contributed by atoms with E-state index < -0.39 is 11.2 Å². The van der Waals surface area contributed by atoms with Crippen LogP contribution in [0, 0.1) is 0 Å². The molecule has 6 heteroatoms. The maximum atomic E-state index is 11.8. The average Bonchev–Trinajstić information content (AvgIpc) is 2.36. The molecule has 0 saturated heterocycles. The number of nitrogens with one attached hydrogen (secondary N) is 1. The topological polar surface area (TPSA) is 71.6 Å². The van der Waals surface area contributed by atoms with Crippen molar-refractivity contribution in [1.82, 2.24) is 14.5 Å². The van der Waals surface area contributed by atoms with Gasteiger partial charge in [-0.05, 0) is 12.1 Å². The van der Waals surface area contributed by atoms with E-state index in [1.165, 1.54) is 4.57 Å². The summed E-state index contributed by atoms with van der Waals surface area (Å²) in [5.41, 5.74) is 1.44. The number of fused-ring (bicyclic) bond motifs is 2. The number of para-hydroxylation sites is 2. The van der Waals surface area contributed by atoms with Gasteiger partial charge in [0, 0.05) is 0 Å². The molecule has 0 aliphatic heterocycles. The molecule has 6 nitrogen and oxygen atoms in total. The number of nitrogens with zero attached hydrogens (tertiary/aromatic N) is 3. The molecular formula is C12H11N4O2+. The number of H-pyrrole nitrogens is 1. The van der Waals surface area contributed by atoms with Crippen molar-refractivity contribution in [3.05, 3.63) is 45.1 Å². The quantitative estimate of drug-likeness (QED) is 0.431. The van der Waals surface area contributed by atoms with Crippen LogP contribution in [0.25, 0.3) is 22.2 Å². The minimum atomic E-state index is -0.463. The van der Waals surface area contributed by atoms with Gasteiger partial charge in [-0.2, -0.15) is 4.57 Å². The van der Waals surface area contributed by atoms with E-state index in [9.17, 15) is 9.59 Å². The normalized spacial score (nSPS) is 11.2. The highest BCUT2D eigenvalue weighted by atomic mass is 16.2. The second kappa shape index (κ2) is 3.49. The predicted octanol–water partition coefficient (Wildman–Crippen LogP) is -0.401. The van der Waals surface area contributed by atoms with Gasteiger partial charge in [-0.15, -0.1) is 0 Å². The Morgan fingerprint density at radius 2 is 2.00 bits per heavy atom. The van der Waals surface area contributed by atoms with Gasteiger partial charge in [0.2, 0.25) is 5.52 Å². The van der Waals surface area contributed by atoms with E-state index in [0.29, 0.717) is 5.65 Å². The van der Waals surface area contributed by atoms with E-state index in [1.807, 2.05) is 31.3 Å². The second-order valence-corrected chi connectivity index (χ2v) is 4.15. The molecule has 0 bridgehead atoms. The Kier molecular flexibility index (Phi) is 2.07. The summed E-state index contributed by atoms with van der Waals surface area (Å²) in [4.78, 5) is 30.0. The van der Waals surface area contributed by atoms with Crippen molar-refractivity contribution in [2.24, 2.45) is 14.1 Å². The summed E-state index contributed by atoms with van der Waals surface area (Å²) in [6.45, 7) is 0. The molecule has 0 spiro atoms. The molecule has 90 valence electrons. The van der Waals surface area contributed by atoms with Crippen LogP contribution in [-0.2, 0) is 14.1 Å². The van der Waals surface area contributed by atoms with Crippen molar-refractivity contribution < 1.29 is 4.57 Å². The van der Waals surface area contributed by atoms with Gasteiger partial charge < -0.3 is 0 Å². The van der Waals surface area contributed by atoms with Crippen molar-refractivity contribution in [1.29, 1.82) is 0 Å². The maximum absolute atomic E-state index is 11.8. The highest BCUT2D eigenvalue weighted by molar-refractivity contribution is 5.78. The number of benzene rings is 1. The predicted molar refractivity (Wildman–Crippen MR) is 66.3 cm³/mol. The van der Waals surface area contributed by atoms with Crippen LogP contribution >= 0.6 is 0 Å². The Bertz CT molecular complexity index is 892. The Labute approximate surface area is 101 Å². The van der Waals surface area contributed by atoms with Crippen molar-refractivity contribution in [2.45, 2.75) is 0 Å². The third-order valence-electron chi connectivity index (χ3n) is 3.06. The van der Waals surface area contributed by atoms with E-state index in [2.05, 4.69) is 9.97 Å². The van der Waals surface area contributed by atoms with Crippen molar-refractivity contribution in [3.63, 3.8) is 0 Å². The zero-order chi connectivity index (χ0) is 12.9. The Morgan fingerprint density at radius 1 is 1.28 bits per heavy atom. The summed E-state index contributed by atoms with van der Waals surface area (Å²) in [6, 6.07) is 7.48. The summed E-state index contributed by atoms with van der Waals surface area (Å²) in [5, 5.41) is 0. The van der Waals surface area contributed by atoms with Gasteiger partial charge >= 0.3 is 11.3 Å². The number of aromatic amines is 1. The molecule has 0 amide bonds. The van der Waals surface area contributed by atoms with Crippen molar-refractivity contribution in [2.75, 3.05) is 0 Å². The Hall–Kier alpha value is -2.50. The fourth-order valence-electron chi connectivity index (χ4n) is 2.16. The second-order valence-electron chi connectivity index (χ2n) is 4.15. The zero-order valence-corrected chi connectivity index (χ0v) is 9.97. The molecule has 0 radical (unpaired) electrons. The van der Waals surface area contributed by atoms with Crippen LogP contribution in [0.2, 0.25) is 0 Å². The van der Waals surface area contributed by atoms with E-state index in [1.54, 1.807) is 11.6 Å². The number of aromatic nitrogens is 4. The summed E-state index contributed by atoms with van der Waals surface area (Å²) in [6.07, 6.45) is 0. The van der Waals surface area contributed by atoms with Crippen molar-refractivity contribution in [3.8, 4) is 0 Å². The van der Waals surface area contributed by atoms with Crippen molar-refractivity contribution >= 4 is 22.2 Å². The van der Waals surface area contributed by atoms with Gasteiger partial charge in [0.05, 0.1) is 14.1 Å². The largest absolute Gasteiger partial charge is 0.415 e. The molecule has 0 atom stereocenters. The third kappa shape index (κ3) is 1.29. The number of aryl methyl sites for hydroxylation is 2. The van der Waals surface area contributed by atoms with Crippen LogP contribution in [0.15, 0.2) is 33.9 Å². The van der Waals surface area contributed by atoms with Gasteiger partial charge in [-0.1, -0.05) is 12.1 Å². The molecule has 2 aromatic heterocycles. The van der Waals surface area contributed by atoms with Gasteiger partial charge in [0.1, 0.15) is 5.52 Å². The molecular weight excluding hydrogens is 232 g/mol. The van der Waals surface area contributed by atoms with Crippen LogP contribution < -0.4 is 15.8 Å². The molecule has 2 heterocycles. The molecule has 1 aromatic carbocycles. The summed E-state index contributed by atoms with van der Waals surface area (Å²) in [7, 11) is 3.42. The first-order valence-corrected chi connectivity index (χ1v) is 5.47. The number of hydrogen-bond acceptors (Lipinski definition) is 3. The van der Waals surface area contributed by atoms with Crippen LogP contribution in [0.5, 0.6) is 0 Å². The van der Waals surface area contributed by atoms with E-state index in [4.69, 9.17) is 0 Å². The molecule has 3 rings (SSSR count). The van der Waals surface area contributed by atoms with E-state index in [0.717, 1.165) is 11.0 Å². The number of hydrogen-bond donors (Lipinski definition) is 1. The highest BCUT2D eigenvalue weighted by Crippen LogP contribution is 2.09. The lowest BCUT2D eigenvalue weighted by Crippen LogP contribution is -2.40. The van der Waals surface area contributed by atoms with E-state index in [-0.39, 0.29) is 5.52 Å². The first kappa shape index (κ1) is 10.6. The average molecular weight is 243 g/mol. The first-order chi connectivity index (χ1) is 8.59. The summed E-state index contributed by atoms with van der Waals surface area (Å²) in [5.74, 6) is 0. The standard InChI is InChI=1S/C12H10N4O2/c1-15-8-6-4-3-5-7(8)13-9-10(17)14-12(18)16(2)11(9)15/h3-6H,1-2H3/p+1. The van der Waals surface area contributed by atoms with Gasteiger partial charge in [0.25, 0.3) is 5.56 Å². The smallest absolute Gasteiger partial charge is 0.267 e. The molecule has 1 N–H and O–H groups in total. The minimum Gasteiger partial charge on any atom is -0.267 e. The molecule has 0 aliphatic carbocycles. The molecule has 3 aromatic rings. The molecule has 0 unspecified atom stereocenters. The van der Waals surface area contributed by atoms with Gasteiger partial charge in [-0.25, -0.2) is 14.3 Å². The van der Waals surface area contributed by atoms with Gasteiger partial charge in [0.15, 0.2) is 5.52 Å². The van der Waals surface area contributed by atoms with Crippen LogP contribution in [0.1, 0.15) is 0 Å². The lowest BCUT2D eigenvalue weighted by Gasteiger charge is -2.04. The summed E-state index contributed by atoms with van der Waals surface area (Å²) >= 11 is 0. The third-order valence-corrected chi connectivity index (χ3v) is 3.06. The lowest BCUT2D eigenvalue weighted by atomic mass is 10.3. The minimum absolute atomic E-state index is 0.262. The van der Waals surface area contributed by atoms with Gasteiger partial charge in [-0.3, -0.25) is 9.78 Å². The molecule has 0 saturated carbocycles. The summed E-state index contributed by atoms with van der Waals surface area (Å²) < 4.78 is 3.18. The fraction of sp³-hybridized carbons (Fsp3) is 0.167.